The van der Waals surface area contributed by atoms with Crippen molar-refractivity contribution in [2.45, 2.75) is 20.8 Å². The van der Waals surface area contributed by atoms with E-state index in [4.69, 9.17) is 5.73 Å². The highest BCUT2D eigenvalue weighted by Gasteiger charge is 2.10. The number of carbonyl (C=O) groups is 1. The van der Waals surface area contributed by atoms with E-state index in [1.807, 2.05) is 51.1 Å². The summed E-state index contributed by atoms with van der Waals surface area (Å²) < 4.78 is 0.926. The third kappa shape index (κ3) is 3.02. The van der Waals surface area contributed by atoms with E-state index in [1.165, 1.54) is 0 Å². The molecule has 0 heterocycles. The van der Waals surface area contributed by atoms with Crippen LogP contribution in [0.15, 0.2) is 34.8 Å². The van der Waals surface area contributed by atoms with Gasteiger partial charge in [-0.15, -0.1) is 0 Å². The maximum absolute atomic E-state index is 12.3. The van der Waals surface area contributed by atoms with Crippen LogP contribution in [0.25, 0.3) is 0 Å². The lowest BCUT2D eigenvalue weighted by atomic mass is 10.1. The van der Waals surface area contributed by atoms with Crippen molar-refractivity contribution in [2.24, 2.45) is 0 Å². The average Bonchev–Trinajstić information content (AvgIpc) is 2.39. The van der Waals surface area contributed by atoms with Crippen molar-refractivity contribution in [3.8, 4) is 0 Å². The molecule has 0 radical (unpaired) electrons. The summed E-state index contributed by atoms with van der Waals surface area (Å²) in [7, 11) is 0. The summed E-state index contributed by atoms with van der Waals surface area (Å²) in [6.45, 7) is 5.84. The average molecular weight is 333 g/mol. The predicted octanol–water partition coefficient (Wildman–Crippen LogP) is 4.21. The molecule has 2 aromatic rings. The molecule has 0 fully saturated rings. The molecular weight excluding hydrogens is 316 g/mol. The second-order valence-electron chi connectivity index (χ2n) is 4.94. The molecule has 0 saturated heterocycles. The van der Waals surface area contributed by atoms with Crippen LogP contribution >= 0.6 is 15.9 Å². The zero-order valence-electron chi connectivity index (χ0n) is 11.8. The van der Waals surface area contributed by atoms with Crippen LogP contribution in [0.2, 0.25) is 0 Å². The van der Waals surface area contributed by atoms with Gasteiger partial charge in [0.15, 0.2) is 0 Å². The molecule has 4 heteroatoms. The van der Waals surface area contributed by atoms with Crippen molar-refractivity contribution in [3.63, 3.8) is 0 Å². The van der Waals surface area contributed by atoms with Gasteiger partial charge in [-0.3, -0.25) is 4.79 Å². The van der Waals surface area contributed by atoms with Crippen molar-refractivity contribution >= 4 is 33.2 Å². The van der Waals surface area contributed by atoms with Gasteiger partial charge in [-0.2, -0.15) is 0 Å². The second-order valence-corrected chi connectivity index (χ2v) is 5.80. The number of benzene rings is 2. The lowest BCUT2D eigenvalue weighted by Crippen LogP contribution is -2.13. The first-order valence-corrected chi connectivity index (χ1v) is 7.12. The van der Waals surface area contributed by atoms with E-state index in [0.29, 0.717) is 5.56 Å². The van der Waals surface area contributed by atoms with Gasteiger partial charge in [-0.1, -0.05) is 22.0 Å². The number of nitrogen functional groups attached to an aromatic ring is 1. The molecule has 0 unspecified atom stereocenters. The zero-order chi connectivity index (χ0) is 14.9. The van der Waals surface area contributed by atoms with Crippen molar-refractivity contribution in [1.82, 2.24) is 0 Å². The summed E-state index contributed by atoms with van der Waals surface area (Å²) in [5.74, 6) is -0.127. The van der Waals surface area contributed by atoms with Crippen LogP contribution in [0.4, 0.5) is 11.4 Å². The summed E-state index contributed by atoms with van der Waals surface area (Å²) in [6.07, 6.45) is 0. The Morgan fingerprint density at radius 2 is 1.75 bits per heavy atom. The molecule has 2 rings (SSSR count). The highest BCUT2D eigenvalue weighted by atomic mass is 79.9. The number of nitrogens with two attached hydrogens (primary N) is 1. The van der Waals surface area contributed by atoms with E-state index in [1.54, 1.807) is 0 Å². The van der Waals surface area contributed by atoms with Crippen molar-refractivity contribution in [3.05, 3.63) is 57.1 Å². The van der Waals surface area contributed by atoms with Crippen LogP contribution in [0, 0.1) is 20.8 Å². The molecule has 0 aromatic heterocycles. The summed E-state index contributed by atoms with van der Waals surface area (Å²) in [4.78, 5) is 12.3. The van der Waals surface area contributed by atoms with E-state index in [2.05, 4.69) is 21.2 Å². The van der Waals surface area contributed by atoms with Gasteiger partial charge < -0.3 is 11.1 Å². The Kier molecular flexibility index (Phi) is 4.14. The molecule has 0 saturated carbocycles. The van der Waals surface area contributed by atoms with Gasteiger partial charge in [0, 0.05) is 21.4 Å². The van der Waals surface area contributed by atoms with Gasteiger partial charge in [0.2, 0.25) is 0 Å². The quantitative estimate of drug-likeness (QED) is 0.809. The number of anilines is 2. The molecule has 1 amide bonds. The summed E-state index contributed by atoms with van der Waals surface area (Å²) in [5.41, 5.74) is 11.0. The van der Waals surface area contributed by atoms with Gasteiger partial charge in [0.05, 0.1) is 0 Å². The van der Waals surface area contributed by atoms with Crippen molar-refractivity contribution < 1.29 is 4.79 Å². The molecule has 3 nitrogen and oxygen atoms in total. The molecular formula is C16H17BrN2O. The maximum atomic E-state index is 12.3. The third-order valence-electron chi connectivity index (χ3n) is 3.30. The van der Waals surface area contributed by atoms with Crippen LogP contribution in [0.5, 0.6) is 0 Å². The number of hydrogen-bond acceptors (Lipinski definition) is 2. The number of hydrogen-bond donors (Lipinski definition) is 2. The Labute approximate surface area is 127 Å². The molecule has 0 aliphatic carbocycles. The van der Waals surface area contributed by atoms with E-state index >= 15 is 0 Å². The summed E-state index contributed by atoms with van der Waals surface area (Å²) in [6, 6.07) is 9.32. The first-order chi connectivity index (χ1) is 9.38. The van der Waals surface area contributed by atoms with Crippen LogP contribution < -0.4 is 11.1 Å². The van der Waals surface area contributed by atoms with Crippen LogP contribution in [-0.4, -0.2) is 5.91 Å². The van der Waals surface area contributed by atoms with Gasteiger partial charge in [-0.05, 0) is 61.7 Å². The molecule has 0 aliphatic heterocycles. The number of halogens is 1. The van der Waals surface area contributed by atoms with Gasteiger partial charge >= 0.3 is 0 Å². The Bertz CT molecular complexity index is 680. The smallest absolute Gasteiger partial charge is 0.255 e. The van der Waals surface area contributed by atoms with E-state index in [0.717, 1.165) is 32.5 Å². The van der Waals surface area contributed by atoms with Crippen LogP contribution in [-0.2, 0) is 0 Å². The van der Waals surface area contributed by atoms with E-state index in [-0.39, 0.29) is 5.91 Å². The minimum Gasteiger partial charge on any atom is -0.399 e. The summed E-state index contributed by atoms with van der Waals surface area (Å²) in [5, 5.41) is 2.93. The molecule has 3 N–H and O–H groups in total. The number of nitrogens with one attached hydrogen (secondary N) is 1. The standard InChI is InChI=1S/C16H17BrN2O/c1-9-4-5-12(8-13(9)17)16(20)19-15-7-10(2)14(18)6-11(15)3/h4-8H,18H2,1-3H3,(H,19,20). The second kappa shape index (κ2) is 5.67. The van der Waals surface area contributed by atoms with Gasteiger partial charge in [0.1, 0.15) is 0 Å². The molecule has 2 aromatic carbocycles. The normalized spacial score (nSPS) is 10.4. The topological polar surface area (TPSA) is 55.1 Å². The molecule has 0 atom stereocenters. The van der Waals surface area contributed by atoms with Crippen molar-refractivity contribution in [1.29, 1.82) is 0 Å². The minimum absolute atomic E-state index is 0.127. The van der Waals surface area contributed by atoms with Gasteiger partial charge in [0.25, 0.3) is 5.91 Å². The van der Waals surface area contributed by atoms with Crippen LogP contribution in [0.3, 0.4) is 0 Å². The number of carbonyl (C=O) groups excluding carboxylic acids is 1. The fraction of sp³-hybridized carbons (Fsp3) is 0.188. The van der Waals surface area contributed by atoms with Gasteiger partial charge in [-0.25, -0.2) is 0 Å². The predicted molar refractivity (Wildman–Crippen MR) is 87.2 cm³/mol. The molecule has 104 valence electrons. The van der Waals surface area contributed by atoms with Crippen LogP contribution in [0.1, 0.15) is 27.0 Å². The largest absolute Gasteiger partial charge is 0.399 e. The molecule has 0 bridgehead atoms. The Hall–Kier alpha value is -1.81. The number of aryl methyl sites for hydroxylation is 3. The highest BCUT2D eigenvalue weighted by Crippen LogP contribution is 2.23. The fourth-order valence-corrected chi connectivity index (χ4v) is 2.28. The number of amides is 1. The minimum atomic E-state index is -0.127. The summed E-state index contributed by atoms with van der Waals surface area (Å²) >= 11 is 3.44. The zero-order valence-corrected chi connectivity index (χ0v) is 13.3. The van der Waals surface area contributed by atoms with E-state index < -0.39 is 0 Å². The maximum Gasteiger partial charge on any atom is 0.255 e. The first kappa shape index (κ1) is 14.6. The fourth-order valence-electron chi connectivity index (χ4n) is 1.90. The SMILES string of the molecule is Cc1cc(NC(=O)c2ccc(C)c(Br)c2)c(C)cc1N. The first-order valence-electron chi connectivity index (χ1n) is 6.32. The molecule has 0 spiro atoms. The Morgan fingerprint density at radius 3 is 2.40 bits per heavy atom. The molecule has 20 heavy (non-hydrogen) atoms. The monoisotopic (exact) mass is 332 g/mol. The highest BCUT2D eigenvalue weighted by molar-refractivity contribution is 9.10. The Morgan fingerprint density at radius 1 is 1.05 bits per heavy atom. The number of rotatable bonds is 2. The third-order valence-corrected chi connectivity index (χ3v) is 4.15. The van der Waals surface area contributed by atoms with E-state index in [9.17, 15) is 4.79 Å². The lowest BCUT2D eigenvalue weighted by molar-refractivity contribution is 0.102. The Balaban J connectivity index is 2.27. The van der Waals surface area contributed by atoms with Crippen molar-refractivity contribution in [2.75, 3.05) is 11.1 Å². The lowest BCUT2D eigenvalue weighted by Gasteiger charge is -2.11. The molecule has 0 aliphatic rings.